The van der Waals surface area contributed by atoms with E-state index < -0.39 is 0 Å². The van der Waals surface area contributed by atoms with Gasteiger partial charge in [-0.25, -0.2) is 0 Å². The van der Waals surface area contributed by atoms with Crippen LogP contribution in [0.25, 0.3) is 11.1 Å². The zero-order chi connectivity index (χ0) is 13.6. The average molecular weight is 296 g/mol. The summed E-state index contributed by atoms with van der Waals surface area (Å²) in [5.74, 6) is -0.358. The highest BCUT2D eigenvalue weighted by Gasteiger charge is 2.20. The fourth-order valence-electron chi connectivity index (χ4n) is 1.82. The van der Waals surface area contributed by atoms with E-state index in [-0.39, 0.29) is 10.9 Å². The van der Waals surface area contributed by atoms with E-state index in [2.05, 4.69) is 10.3 Å². The predicted octanol–water partition coefficient (Wildman–Crippen LogP) is 3.33. The van der Waals surface area contributed by atoms with Gasteiger partial charge in [0.05, 0.1) is 16.8 Å². The third kappa shape index (κ3) is 1.91. The number of benzene rings is 1. The van der Waals surface area contributed by atoms with Crippen molar-refractivity contribution in [2.75, 3.05) is 0 Å². The summed E-state index contributed by atoms with van der Waals surface area (Å²) in [5.41, 5.74) is 1.90. The molecule has 0 N–H and O–H groups in total. The third-order valence-corrected chi connectivity index (χ3v) is 3.26. The predicted molar refractivity (Wildman–Crippen MR) is 70.7 cm³/mol. The van der Waals surface area contributed by atoms with Crippen molar-refractivity contribution in [3.63, 3.8) is 0 Å². The van der Waals surface area contributed by atoms with Crippen LogP contribution in [0.3, 0.4) is 0 Å². The van der Waals surface area contributed by atoms with E-state index in [1.54, 1.807) is 19.1 Å². The molecule has 0 saturated heterocycles. The van der Waals surface area contributed by atoms with E-state index in [1.807, 2.05) is 0 Å². The number of aromatic nitrogens is 3. The highest BCUT2D eigenvalue weighted by atomic mass is 35.5. The fraction of sp³-hybridized carbons (Fsp3) is 0.0833. The first-order valence-corrected chi connectivity index (χ1v) is 6.13. The molecule has 5 nitrogen and oxygen atoms in total. The van der Waals surface area contributed by atoms with Gasteiger partial charge in [-0.3, -0.25) is 4.79 Å². The van der Waals surface area contributed by atoms with Crippen molar-refractivity contribution < 1.29 is 9.32 Å². The first kappa shape index (κ1) is 12.2. The molecule has 0 amide bonds. The molecule has 7 heteroatoms. The Kier molecular flexibility index (Phi) is 2.80. The molecule has 0 unspecified atom stereocenters. The van der Waals surface area contributed by atoms with Gasteiger partial charge in [0.15, 0.2) is 0 Å². The maximum atomic E-state index is 12.4. The van der Waals surface area contributed by atoms with Crippen LogP contribution in [0.1, 0.15) is 16.1 Å². The summed E-state index contributed by atoms with van der Waals surface area (Å²) < 4.78 is 6.24. The summed E-state index contributed by atoms with van der Waals surface area (Å²) in [7, 11) is 0. The monoisotopic (exact) mass is 295 g/mol. The SMILES string of the molecule is Cc1noc2cnn(C(=O)c3ccc(Cl)cc3Cl)c12. The van der Waals surface area contributed by atoms with Crippen molar-refractivity contribution >= 4 is 40.2 Å². The van der Waals surface area contributed by atoms with Crippen LogP contribution < -0.4 is 0 Å². The Morgan fingerprint density at radius 2 is 2.16 bits per heavy atom. The second-order valence-corrected chi connectivity index (χ2v) is 4.81. The molecule has 0 fully saturated rings. The molecular weight excluding hydrogens is 289 g/mol. The lowest BCUT2D eigenvalue weighted by atomic mass is 10.2. The van der Waals surface area contributed by atoms with Gasteiger partial charge in [-0.05, 0) is 25.1 Å². The van der Waals surface area contributed by atoms with Crippen molar-refractivity contribution in [1.29, 1.82) is 0 Å². The molecule has 0 radical (unpaired) electrons. The van der Waals surface area contributed by atoms with E-state index in [9.17, 15) is 4.79 Å². The Labute approximate surface area is 117 Å². The van der Waals surface area contributed by atoms with Gasteiger partial charge in [0.2, 0.25) is 5.58 Å². The molecule has 0 spiro atoms. The molecule has 2 heterocycles. The molecule has 0 atom stereocenters. The van der Waals surface area contributed by atoms with Crippen LogP contribution in [-0.2, 0) is 0 Å². The van der Waals surface area contributed by atoms with Crippen LogP contribution in [0.4, 0.5) is 0 Å². The number of hydrogen-bond donors (Lipinski definition) is 0. The number of hydrogen-bond acceptors (Lipinski definition) is 4. The minimum absolute atomic E-state index is 0.273. The van der Waals surface area contributed by atoms with Crippen molar-refractivity contribution in [1.82, 2.24) is 14.9 Å². The summed E-state index contributed by atoms with van der Waals surface area (Å²) in [6.07, 6.45) is 1.44. The van der Waals surface area contributed by atoms with E-state index in [4.69, 9.17) is 27.7 Å². The number of carbonyl (C=O) groups excluding carboxylic acids is 1. The lowest BCUT2D eigenvalue weighted by Crippen LogP contribution is -2.14. The Morgan fingerprint density at radius 3 is 2.89 bits per heavy atom. The van der Waals surface area contributed by atoms with Crippen molar-refractivity contribution in [3.05, 3.63) is 45.7 Å². The number of carbonyl (C=O) groups is 1. The van der Waals surface area contributed by atoms with Crippen LogP contribution in [0.2, 0.25) is 10.0 Å². The van der Waals surface area contributed by atoms with Crippen molar-refractivity contribution in [2.24, 2.45) is 0 Å². The van der Waals surface area contributed by atoms with Gasteiger partial charge < -0.3 is 4.52 Å². The minimum atomic E-state index is -0.358. The van der Waals surface area contributed by atoms with Gasteiger partial charge in [-0.1, -0.05) is 28.4 Å². The lowest BCUT2D eigenvalue weighted by molar-refractivity contribution is 0.0950. The largest absolute Gasteiger partial charge is 0.353 e. The molecule has 19 heavy (non-hydrogen) atoms. The first-order chi connectivity index (χ1) is 9.08. The van der Waals surface area contributed by atoms with Crippen LogP contribution in [0.15, 0.2) is 28.9 Å². The number of halogens is 2. The maximum absolute atomic E-state index is 12.4. The normalized spacial score (nSPS) is 11.1. The van der Waals surface area contributed by atoms with E-state index in [1.165, 1.54) is 16.9 Å². The molecule has 1 aromatic carbocycles. The summed E-state index contributed by atoms with van der Waals surface area (Å²) in [6, 6.07) is 4.67. The van der Waals surface area contributed by atoms with Gasteiger partial charge in [0.25, 0.3) is 5.91 Å². The van der Waals surface area contributed by atoms with Crippen LogP contribution in [-0.4, -0.2) is 20.8 Å². The van der Waals surface area contributed by atoms with Gasteiger partial charge >= 0.3 is 0 Å². The van der Waals surface area contributed by atoms with Gasteiger partial charge in [0.1, 0.15) is 11.2 Å². The number of aryl methyl sites for hydroxylation is 1. The second-order valence-electron chi connectivity index (χ2n) is 3.97. The highest BCUT2D eigenvalue weighted by Crippen LogP contribution is 2.24. The van der Waals surface area contributed by atoms with Crippen LogP contribution in [0.5, 0.6) is 0 Å². The molecule has 0 aliphatic heterocycles. The Balaban J connectivity index is 2.16. The maximum Gasteiger partial charge on any atom is 0.280 e. The summed E-state index contributed by atoms with van der Waals surface area (Å²) >= 11 is 11.8. The van der Waals surface area contributed by atoms with Crippen molar-refractivity contribution in [3.8, 4) is 0 Å². The molecule has 0 aliphatic carbocycles. The van der Waals surface area contributed by atoms with Crippen LogP contribution in [0, 0.1) is 6.92 Å². The summed E-state index contributed by atoms with van der Waals surface area (Å²) in [5, 5.41) is 8.52. The second kappa shape index (κ2) is 4.36. The zero-order valence-electron chi connectivity index (χ0n) is 9.72. The molecule has 3 aromatic rings. The summed E-state index contributed by atoms with van der Waals surface area (Å²) in [6.45, 7) is 1.74. The molecule has 96 valence electrons. The van der Waals surface area contributed by atoms with Gasteiger partial charge in [0, 0.05) is 5.02 Å². The highest BCUT2D eigenvalue weighted by molar-refractivity contribution is 6.36. The molecule has 0 aliphatic rings. The Bertz CT molecular complexity index is 791. The number of fused-ring (bicyclic) bond motifs is 1. The number of nitrogens with zero attached hydrogens (tertiary/aromatic N) is 3. The first-order valence-electron chi connectivity index (χ1n) is 5.37. The topological polar surface area (TPSA) is 60.9 Å². The van der Waals surface area contributed by atoms with Crippen LogP contribution >= 0.6 is 23.2 Å². The number of rotatable bonds is 1. The minimum Gasteiger partial charge on any atom is -0.353 e. The fourth-order valence-corrected chi connectivity index (χ4v) is 2.31. The van der Waals surface area contributed by atoms with E-state index >= 15 is 0 Å². The standard InChI is InChI=1S/C12H7Cl2N3O2/c1-6-11-10(19-16-6)5-15-17(11)12(18)8-3-2-7(13)4-9(8)14/h2-5H,1H3. The average Bonchev–Trinajstić information content (AvgIpc) is 2.92. The molecule has 0 bridgehead atoms. The molecule has 0 saturated carbocycles. The molecular formula is C12H7Cl2N3O2. The quantitative estimate of drug-likeness (QED) is 0.691. The molecule has 3 rings (SSSR count). The lowest BCUT2D eigenvalue weighted by Gasteiger charge is -2.04. The van der Waals surface area contributed by atoms with Crippen molar-refractivity contribution in [2.45, 2.75) is 6.92 Å². The zero-order valence-corrected chi connectivity index (χ0v) is 11.2. The Hall–Kier alpha value is -1.85. The third-order valence-electron chi connectivity index (χ3n) is 2.71. The smallest absolute Gasteiger partial charge is 0.280 e. The Morgan fingerprint density at radius 1 is 1.37 bits per heavy atom. The van der Waals surface area contributed by atoms with E-state index in [0.29, 0.717) is 27.4 Å². The van der Waals surface area contributed by atoms with E-state index in [0.717, 1.165) is 0 Å². The molecule has 2 aromatic heterocycles. The van der Waals surface area contributed by atoms with Gasteiger partial charge in [-0.15, -0.1) is 0 Å². The summed E-state index contributed by atoms with van der Waals surface area (Å²) in [4.78, 5) is 12.4. The van der Waals surface area contributed by atoms with Gasteiger partial charge in [-0.2, -0.15) is 9.78 Å².